The number of nitrogens with two attached hydrogens (primary N) is 1. The van der Waals surface area contributed by atoms with E-state index in [1.54, 1.807) is 32.9 Å². The standard InChI is InChI=1S/C31H45N3O9/c1-16-11-21-26(33-20(5)15-35)23(36)14-22(28(21)38)34-30(39)17(2)9-8-10-24(41-6)29(43-31(32)40)19(4)13-18(3)27(37)25(12-16)42-7/h8-10,13-14,16,18,20,24-25,27,29,33,35,37H,11-12,15H2,1-7H3,(H2,32,40)(H,34,39)/b10-8+,17-9-,19-13+/t16-,18+,20-,24+,25+,27-,29+/m1/s1. The first-order valence-electron chi connectivity index (χ1n) is 14.2. The fraction of sp³-hybridized carbons (Fsp3) is 0.548. The number of fused-ring (bicyclic) bond motifs is 2. The Morgan fingerprint density at radius 3 is 2.44 bits per heavy atom. The predicted octanol–water partition coefficient (Wildman–Crippen LogP) is 1.73. The molecule has 12 heteroatoms. The van der Waals surface area contributed by atoms with Crippen LogP contribution in [0.5, 0.6) is 0 Å². The van der Waals surface area contributed by atoms with Gasteiger partial charge in [-0.3, -0.25) is 14.4 Å². The molecule has 0 aromatic rings. The number of hydrogen-bond donors (Lipinski definition) is 5. The average Bonchev–Trinajstić information content (AvgIpc) is 2.95. The zero-order chi connectivity index (χ0) is 32.4. The van der Waals surface area contributed by atoms with Crippen LogP contribution < -0.4 is 16.4 Å². The Hall–Kier alpha value is -3.58. The van der Waals surface area contributed by atoms with E-state index in [0.29, 0.717) is 12.0 Å². The Labute approximate surface area is 252 Å². The molecule has 2 aliphatic rings. The molecular weight excluding hydrogens is 558 g/mol. The van der Waals surface area contributed by atoms with Gasteiger partial charge >= 0.3 is 6.09 Å². The number of aliphatic hydroxyl groups excluding tert-OH is 2. The van der Waals surface area contributed by atoms with Crippen molar-refractivity contribution in [1.29, 1.82) is 0 Å². The molecule has 12 nitrogen and oxygen atoms in total. The first kappa shape index (κ1) is 35.6. The highest BCUT2D eigenvalue weighted by Gasteiger charge is 2.33. The molecule has 0 saturated carbocycles. The molecule has 1 heterocycles. The first-order valence-corrected chi connectivity index (χ1v) is 14.2. The summed E-state index contributed by atoms with van der Waals surface area (Å²) in [4.78, 5) is 51.5. The Balaban J connectivity index is 2.64. The third kappa shape index (κ3) is 9.72. The van der Waals surface area contributed by atoms with E-state index in [0.717, 1.165) is 6.08 Å². The number of aliphatic hydroxyl groups is 2. The van der Waals surface area contributed by atoms with Crippen molar-refractivity contribution >= 4 is 23.6 Å². The van der Waals surface area contributed by atoms with Gasteiger partial charge in [-0.1, -0.05) is 38.2 Å². The number of carbonyl (C=O) groups is 4. The Bertz CT molecular complexity index is 1220. The van der Waals surface area contributed by atoms with Crippen molar-refractivity contribution in [2.45, 2.75) is 77.9 Å². The zero-order valence-corrected chi connectivity index (χ0v) is 25.9. The molecule has 0 spiro atoms. The molecule has 7 atom stereocenters. The van der Waals surface area contributed by atoms with E-state index >= 15 is 0 Å². The second kappa shape index (κ2) is 16.3. The topological polar surface area (TPSA) is 187 Å². The second-order valence-electron chi connectivity index (χ2n) is 11.2. The van der Waals surface area contributed by atoms with Crippen LogP contribution >= 0.6 is 0 Å². The number of hydrogen-bond acceptors (Lipinski definition) is 10. The largest absolute Gasteiger partial charge is 0.439 e. The molecule has 0 saturated heterocycles. The van der Waals surface area contributed by atoms with Crippen LogP contribution in [0.3, 0.4) is 0 Å². The summed E-state index contributed by atoms with van der Waals surface area (Å²) in [7, 11) is 2.90. The monoisotopic (exact) mass is 603 g/mol. The molecule has 2 amide bonds. The van der Waals surface area contributed by atoms with Gasteiger partial charge in [0, 0.05) is 43.4 Å². The van der Waals surface area contributed by atoms with E-state index in [-0.39, 0.29) is 41.5 Å². The lowest BCUT2D eigenvalue weighted by atomic mass is 9.85. The Morgan fingerprint density at radius 2 is 1.86 bits per heavy atom. The number of ketones is 2. The average molecular weight is 604 g/mol. The van der Waals surface area contributed by atoms with E-state index < -0.39 is 59.9 Å². The predicted molar refractivity (Wildman–Crippen MR) is 159 cm³/mol. The van der Waals surface area contributed by atoms with Crippen LogP contribution in [-0.2, 0) is 28.6 Å². The lowest BCUT2D eigenvalue weighted by Gasteiger charge is -2.30. The highest BCUT2D eigenvalue weighted by atomic mass is 16.6. The normalized spacial score (nSPS) is 32.0. The summed E-state index contributed by atoms with van der Waals surface area (Å²) in [5, 5.41) is 26.3. The van der Waals surface area contributed by atoms with Crippen molar-refractivity contribution in [1.82, 2.24) is 10.6 Å². The van der Waals surface area contributed by atoms with Crippen molar-refractivity contribution in [3.8, 4) is 0 Å². The van der Waals surface area contributed by atoms with Crippen molar-refractivity contribution < 1.29 is 43.6 Å². The molecular formula is C31H45N3O9. The molecule has 43 heavy (non-hydrogen) atoms. The second-order valence-corrected chi connectivity index (χ2v) is 11.2. The molecule has 2 bridgehead atoms. The summed E-state index contributed by atoms with van der Waals surface area (Å²) in [5.41, 5.74) is 6.19. The molecule has 238 valence electrons. The van der Waals surface area contributed by atoms with Crippen molar-refractivity contribution in [3.05, 3.63) is 58.5 Å². The van der Waals surface area contributed by atoms with Crippen molar-refractivity contribution in [2.75, 3.05) is 20.8 Å². The lowest BCUT2D eigenvalue weighted by Crippen LogP contribution is -2.39. The summed E-state index contributed by atoms with van der Waals surface area (Å²) >= 11 is 0. The van der Waals surface area contributed by atoms with Gasteiger partial charge in [-0.25, -0.2) is 4.79 Å². The highest BCUT2D eigenvalue weighted by molar-refractivity contribution is 6.23. The molecule has 0 fully saturated rings. The minimum absolute atomic E-state index is 0.0602. The molecule has 0 unspecified atom stereocenters. The van der Waals surface area contributed by atoms with Crippen molar-refractivity contribution in [2.24, 2.45) is 17.6 Å². The van der Waals surface area contributed by atoms with Crippen LogP contribution in [0.15, 0.2) is 58.5 Å². The fourth-order valence-electron chi connectivity index (χ4n) is 5.03. The number of rotatable bonds is 6. The zero-order valence-electron chi connectivity index (χ0n) is 25.9. The third-order valence-corrected chi connectivity index (χ3v) is 7.46. The maximum atomic E-state index is 13.6. The summed E-state index contributed by atoms with van der Waals surface area (Å²) < 4.78 is 16.5. The van der Waals surface area contributed by atoms with Crippen molar-refractivity contribution in [3.63, 3.8) is 0 Å². The van der Waals surface area contributed by atoms with E-state index in [2.05, 4.69) is 10.6 Å². The maximum Gasteiger partial charge on any atom is 0.405 e. The molecule has 1 aliphatic carbocycles. The van der Waals surface area contributed by atoms with Gasteiger partial charge in [0.15, 0.2) is 6.10 Å². The number of nitrogens with one attached hydrogen (secondary N) is 2. The van der Waals surface area contributed by atoms with Crippen LogP contribution in [0, 0.1) is 11.8 Å². The Kier molecular flexibility index (Phi) is 13.5. The number of amides is 2. The summed E-state index contributed by atoms with van der Waals surface area (Å²) in [5.74, 6) is -2.35. The van der Waals surface area contributed by atoms with Gasteiger partial charge in [0.2, 0.25) is 11.6 Å². The van der Waals surface area contributed by atoms with Gasteiger partial charge in [0.1, 0.15) is 6.10 Å². The quantitative estimate of drug-likeness (QED) is 0.221. The third-order valence-electron chi connectivity index (χ3n) is 7.46. The first-order chi connectivity index (χ1) is 20.2. The maximum absolute atomic E-state index is 13.6. The number of primary amides is 1. The van der Waals surface area contributed by atoms with Gasteiger partial charge in [0.25, 0.3) is 5.91 Å². The minimum Gasteiger partial charge on any atom is -0.439 e. The van der Waals surface area contributed by atoms with Crippen LogP contribution in [-0.4, -0.2) is 85.1 Å². The molecule has 1 aliphatic heterocycles. The van der Waals surface area contributed by atoms with Gasteiger partial charge in [-0.05, 0) is 45.1 Å². The minimum atomic E-state index is -1.01. The van der Waals surface area contributed by atoms with Gasteiger partial charge < -0.3 is 40.8 Å². The molecule has 6 N–H and O–H groups in total. The SMILES string of the molecule is CO[C@H]1/C=C/C=C(/C)C(=O)NC2=CC(=O)C(N[C@H](C)CO)=C(C[C@@H](C)C[C@H](OC)[C@H](O)[C@@H](C)/C=C(\C)[C@@H]1OC(N)=O)C2=O. The van der Waals surface area contributed by atoms with Gasteiger partial charge in [-0.2, -0.15) is 0 Å². The number of methoxy groups -OCH3 is 2. The van der Waals surface area contributed by atoms with E-state index in [9.17, 15) is 29.4 Å². The van der Waals surface area contributed by atoms with Crippen LogP contribution in [0.25, 0.3) is 0 Å². The van der Waals surface area contributed by atoms with Gasteiger partial charge in [-0.15, -0.1) is 0 Å². The van der Waals surface area contributed by atoms with E-state index in [1.807, 2.05) is 6.92 Å². The van der Waals surface area contributed by atoms with Crippen LogP contribution in [0.1, 0.15) is 47.5 Å². The summed E-state index contributed by atoms with van der Waals surface area (Å²) in [6, 6.07) is -0.504. The van der Waals surface area contributed by atoms with E-state index in [4.69, 9.17) is 19.9 Å². The Morgan fingerprint density at radius 1 is 1.19 bits per heavy atom. The molecule has 2 rings (SSSR count). The number of allylic oxidation sites excluding steroid dienone is 4. The molecule has 0 radical (unpaired) electrons. The van der Waals surface area contributed by atoms with Crippen LogP contribution in [0.4, 0.5) is 4.79 Å². The highest BCUT2D eigenvalue weighted by Crippen LogP contribution is 2.29. The number of carbonyl (C=O) groups excluding carboxylic acids is 4. The molecule has 0 aromatic carbocycles. The fourth-order valence-corrected chi connectivity index (χ4v) is 5.03. The summed E-state index contributed by atoms with van der Waals surface area (Å²) in [6.45, 7) is 8.31. The smallest absolute Gasteiger partial charge is 0.405 e. The van der Waals surface area contributed by atoms with Crippen LogP contribution in [0.2, 0.25) is 0 Å². The lowest BCUT2D eigenvalue weighted by molar-refractivity contribution is -0.120. The van der Waals surface area contributed by atoms with E-state index in [1.165, 1.54) is 33.3 Å². The van der Waals surface area contributed by atoms with Gasteiger partial charge in [0.05, 0.1) is 30.2 Å². The summed E-state index contributed by atoms with van der Waals surface area (Å²) in [6.07, 6.45) is 3.49. The number of Topliss-reactive ketones (excluding diaryl/α,β-unsaturated/α-hetero) is 1. The number of ether oxygens (including phenoxy) is 3. The molecule has 0 aromatic heterocycles.